The smallest absolute Gasteiger partial charge is 0.203 e. The van der Waals surface area contributed by atoms with Gasteiger partial charge in [0.2, 0.25) is 5.75 Å². The van der Waals surface area contributed by atoms with E-state index in [2.05, 4.69) is 52.9 Å². The molecule has 3 aromatic carbocycles. The van der Waals surface area contributed by atoms with Gasteiger partial charge >= 0.3 is 0 Å². The first-order chi connectivity index (χ1) is 14.7. The average Bonchev–Trinajstić information content (AvgIpc) is 3.18. The summed E-state index contributed by atoms with van der Waals surface area (Å²) in [4.78, 5) is 7.23. The van der Waals surface area contributed by atoms with Crippen molar-refractivity contribution in [1.29, 1.82) is 0 Å². The molecule has 1 aromatic heterocycles. The van der Waals surface area contributed by atoms with Crippen LogP contribution in [0, 0.1) is 0 Å². The number of anilines is 1. The van der Waals surface area contributed by atoms with Gasteiger partial charge in [-0.1, -0.05) is 24.3 Å². The predicted octanol–water partition coefficient (Wildman–Crippen LogP) is 4.73. The van der Waals surface area contributed by atoms with Crippen molar-refractivity contribution in [3.63, 3.8) is 0 Å². The fourth-order valence-electron chi connectivity index (χ4n) is 4.38. The molecule has 0 fully saturated rings. The van der Waals surface area contributed by atoms with Gasteiger partial charge in [-0.25, -0.2) is 4.98 Å². The second-order valence-electron chi connectivity index (χ2n) is 7.25. The number of imidazole rings is 1. The molecule has 0 N–H and O–H groups in total. The molecule has 6 nitrogen and oxygen atoms in total. The quantitative estimate of drug-likeness (QED) is 0.495. The van der Waals surface area contributed by atoms with E-state index >= 15 is 0 Å². The second kappa shape index (κ2) is 6.99. The third-order valence-corrected chi connectivity index (χ3v) is 5.72. The van der Waals surface area contributed by atoms with E-state index in [0.717, 1.165) is 33.7 Å². The summed E-state index contributed by atoms with van der Waals surface area (Å²) in [5.41, 5.74) is 5.30. The number of hydrogen-bond acceptors (Lipinski definition) is 5. The van der Waals surface area contributed by atoms with Gasteiger partial charge in [-0.15, -0.1) is 0 Å². The monoisotopic (exact) mass is 401 g/mol. The van der Waals surface area contributed by atoms with Gasteiger partial charge < -0.3 is 19.1 Å². The summed E-state index contributed by atoms with van der Waals surface area (Å²) < 4.78 is 19.0. The fraction of sp³-hybridized carbons (Fsp3) is 0.208. The molecule has 152 valence electrons. The molecule has 0 bridgehead atoms. The zero-order valence-electron chi connectivity index (χ0n) is 17.4. The van der Waals surface area contributed by atoms with Gasteiger partial charge in [-0.05, 0) is 36.4 Å². The Labute approximate surface area is 175 Å². The Morgan fingerprint density at radius 1 is 0.833 bits per heavy atom. The molecule has 1 aliphatic heterocycles. The van der Waals surface area contributed by atoms with Crippen molar-refractivity contribution in [2.75, 3.05) is 33.3 Å². The summed E-state index contributed by atoms with van der Waals surface area (Å²) >= 11 is 0. The van der Waals surface area contributed by atoms with Crippen molar-refractivity contribution in [3.05, 3.63) is 66.2 Å². The van der Waals surface area contributed by atoms with Crippen LogP contribution in [0.15, 0.2) is 60.7 Å². The third-order valence-electron chi connectivity index (χ3n) is 5.72. The Balaban J connectivity index is 1.82. The highest BCUT2D eigenvalue weighted by atomic mass is 16.5. The number of ether oxygens (including phenoxy) is 3. The number of fused-ring (bicyclic) bond motifs is 5. The highest BCUT2D eigenvalue weighted by Gasteiger charge is 2.33. The summed E-state index contributed by atoms with van der Waals surface area (Å²) in [6.45, 7) is 0. The van der Waals surface area contributed by atoms with Crippen LogP contribution in [-0.2, 0) is 0 Å². The summed E-state index contributed by atoms with van der Waals surface area (Å²) in [5.74, 6) is 2.79. The second-order valence-corrected chi connectivity index (χ2v) is 7.25. The molecule has 5 rings (SSSR count). The number of methoxy groups -OCH3 is 3. The minimum Gasteiger partial charge on any atom is -0.493 e. The maximum Gasteiger partial charge on any atom is 0.203 e. The van der Waals surface area contributed by atoms with Crippen molar-refractivity contribution in [2.45, 2.75) is 6.17 Å². The van der Waals surface area contributed by atoms with Crippen LogP contribution in [0.4, 0.5) is 5.69 Å². The van der Waals surface area contributed by atoms with Crippen LogP contribution in [0.25, 0.3) is 22.4 Å². The molecule has 6 heteroatoms. The van der Waals surface area contributed by atoms with Crippen LogP contribution in [0.3, 0.4) is 0 Å². The predicted molar refractivity (Wildman–Crippen MR) is 118 cm³/mol. The Bertz CT molecular complexity index is 1220. The normalized spacial score (nSPS) is 14.9. The van der Waals surface area contributed by atoms with Gasteiger partial charge in [-0.2, -0.15) is 0 Å². The third kappa shape index (κ3) is 2.53. The molecule has 0 spiro atoms. The number of aromatic nitrogens is 2. The molecule has 1 aliphatic rings. The van der Waals surface area contributed by atoms with Crippen molar-refractivity contribution < 1.29 is 14.2 Å². The highest BCUT2D eigenvalue weighted by molar-refractivity contribution is 5.87. The van der Waals surface area contributed by atoms with E-state index in [-0.39, 0.29) is 6.17 Å². The van der Waals surface area contributed by atoms with E-state index in [4.69, 9.17) is 19.2 Å². The average molecular weight is 401 g/mol. The summed E-state index contributed by atoms with van der Waals surface area (Å²) in [7, 11) is 6.99. The van der Waals surface area contributed by atoms with Crippen molar-refractivity contribution in [2.24, 2.45) is 0 Å². The number of para-hydroxylation sites is 3. The first-order valence-electron chi connectivity index (χ1n) is 9.77. The molecule has 4 aromatic rings. The van der Waals surface area contributed by atoms with Crippen LogP contribution in [0.5, 0.6) is 17.2 Å². The number of benzene rings is 3. The van der Waals surface area contributed by atoms with Crippen LogP contribution >= 0.6 is 0 Å². The molecular weight excluding hydrogens is 378 g/mol. The Hall–Kier alpha value is -3.67. The number of rotatable bonds is 4. The van der Waals surface area contributed by atoms with Crippen molar-refractivity contribution in [3.8, 4) is 28.6 Å². The standard InChI is InChI=1S/C24H23N3O3/c1-26-18-11-7-5-9-16(18)23-25-17-10-6-8-12-19(17)27(23)24(26)15-13-20(28-2)22(30-4)21(14-15)29-3/h5-14,24H,1-4H3/t24-/m0/s1. The SMILES string of the molecule is COc1cc([C@H]2N(C)c3ccccc3-c3nc4ccccc4n32)cc(OC)c1OC. The van der Waals surface area contributed by atoms with Gasteiger partial charge in [0, 0.05) is 23.9 Å². The zero-order chi connectivity index (χ0) is 20.8. The molecule has 1 atom stereocenters. The Morgan fingerprint density at radius 3 is 2.20 bits per heavy atom. The zero-order valence-corrected chi connectivity index (χ0v) is 17.4. The molecule has 0 radical (unpaired) electrons. The number of hydrogen-bond donors (Lipinski definition) is 0. The lowest BCUT2D eigenvalue weighted by atomic mass is 10.0. The van der Waals surface area contributed by atoms with E-state index in [0.29, 0.717) is 17.2 Å². The van der Waals surface area contributed by atoms with E-state index in [1.165, 1.54) is 0 Å². The van der Waals surface area contributed by atoms with E-state index in [9.17, 15) is 0 Å². The highest BCUT2D eigenvalue weighted by Crippen LogP contribution is 2.47. The fourth-order valence-corrected chi connectivity index (χ4v) is 4.38. The first kappa shape index (κ1) is 18.4. The Kier molecular flexibility index (Phi) is 4.28. The number of nitrogens with zero attached hydrogens (tertiary/aromatic N) is 3. The van der Waals surface area contributed by atoms with Gasteiger partial charge in [0.25, 0.3) is 0 Å². The van der Waals surface area contributed by atoms with E-state index in [1.807, 2.05) is 24.3 Å². The van der Waals surface area contributed by atoms with E-state index < -0.39 is 0 Å². The minimum atomic E-state index is -0.129. The molecule has 0 unspecified atom stereocenters. The van der Waals surface area contributed by atoms with E-state index in [1.54, 1.807) is 21.3 Å². The lowest BCUT2D eigenvalue weighted by Crippen LogP contribution is -2.34. The van der Waals surface area contributed by atoms with Gasteiger partial charge in [0.15, 0.2) is 11.5 Å². The van der Waals surface area contributed by atoms with Gasteiger partial charge in [-0.3, -0.25) is 4.57 Å². The lowest BCUT2D eigenvalue weighted by Gasteiger charge is -2.38. The Morgan fingerprint density at radius 2 is 1.50 bits per heavy atom. The summed E-state index contributed by atoms with van der Waals surface area (Å²) in [5, 5.41) is 0. The van der Waals surface area contributed by atoms with Gasteiger partial charge in [0.05, 0.1) is 32.4 Å². The largest absolute Gasteiger partial charge is 0.493 e. The topological polar surface area (TPSA) is 48.8 Å². The van der Waals surface area contributed by atoms with Crippen molar-refractivity contribution in [1.82, 2.24) is 9.55 Å². The van der Waals surface area contributed by atoms with Crippen LogP contribution in [0.1, 0.15) is 11.7 Å². The molecule has 0 saturated heterocycles. The van der Waals surface area contributed by atoms with Crippen LogP contribution in [0.2, 0.25) is 0 Å². The lowest BCUT2D eigenvalue weighted by molar-refractivity contribution is 0.323. The molecular formula is C24H23N3O3. The minimum absolute atomic E-state index is 0.129. The molecule has 2 heterocycles. The maximum absolute atomic E-state index is 5.62. The van der Waals surface area contributed by atoms with Crippen molar-refractivity contribution >= 4 is 16.7 Å². The summed E-state index contributed by atoms with van der Waals surface area (Å²) in [6, 6.07) is 20.6. The van der Waals surface area contributed by atoms with Crippen LogP contribution in [-0.4, -0.2) is 37.9 Å². The maximum atomic E-state index is 5.62. The van der Waals surface area contributed by atoms with Gasteiger partial charge in [0.1, 0.15) is 12.0 Å². The molecule has 0 amide bonds. The summed E-state index contributed by atoms with van der Waals surface area (Å²) in [6.07, 6.45) is -0.129. The molecule has 0 aliphatic carbocycles. The van der Waals surface area contributed by atoms with Crippen LogP contribution < -0.4 is 19.1 Å². The first-order valence-corrected chi connectivity index (χ1v) is 9.77. The molecule has 0 saturated carbocycles. The molecule has 30 heavy (non-hydrogen) atoms.